The summed E-state index contributed by atoms with van der Waals surface area (Å²) in [7, 11) is 1.69. The lowest BCUT2D eigenvalue weighted by Gasteiger charge is -2.60. The Kier molecular flexibility index (Phi) is 3.10. The van der Waals surface area contributed by atoms with Crippen LogP contribution >= 0.6 is 0 Å². The predicted octanol–water partition coefficient (Wildman–Crippen LogP) is 2.53. The molecule has 0 aromatic heterocycles. The third-order valence-electron chi connectivity index (χ3n) is 8.54. The van der Waals surface area contributed by atoms with Crippen molar-refractivity contribution < 1.29 is 19.4 Å². The van der Waals surface area contributed by atoms with E-state index < -0.39 is 0 Å². The first-order valence-corrected chi connectivity index (χ1v) is 9.45. The molecule has 4 nitrogen and oxygen atoms in total. The first kappa shape index (κ1) is 14.9. The van der Waals surface area contributed by atoms with E-state index in [1.54, 1.807) is 7.11 Å². The Morgan fingerprint density at radius 2 is 2.09 bits per heavy atom. The summed E-state index contributed by atoms with van der Waals surface area (Å²) in [5, 5.41) is 10.7. The summed E-state index contributed by atoms with van der Waals surface area (Å²) in [6, 6.07) is 0. The molecule has 0 radical (unpaired) electrons. The molecule has 0 aromatic carbocycles. The number of hydrogen-bond acceptors (Lipinski definition) is 4. The monoisotopic (exact) mass is 320 g/mol. The molecule has 128 valence electrons. The molecule has 6 saturated carbocycles. The van der Waals surface area contributed by atoms with Crippen LogP contribution in [-0.4, -0.2) is 37.0 Å². The lowest BCUT2D eigenvalue weighted by Crippen LogP contribution is -2.57. The van der Waals surface area contributed by atoms with Crippen LogP contribution in [0.15, 0.2) is 0 Å². The molecule has 4 heteroatoms. The number of hydrogen-bond donors (Lipinski definition) is 1. The Morgan fingerprint density at radius 1 is 1.22 bits per heavy atom. The summed E-state index contributed by atoms with van der Waals surface area (Å²) in [5.41, 5.74) is 0.284. The minimum atomic E-state index is -0.177. The van der Waals surface area contributed by atoms with Crippen molar-refractivity contribution >= 4 is 5.78 Å². The SMILES string of the molecule is COCO[C@@H]1[C@H]2C[C@H]3C[C@@H]4[C@]2(CC[C@H]2[C@@H](O)CCC[C@@]142)CC3=O. The van der Waals surface area contributed by atoms with E-state index in [4.69, 9.17) is 9.47 Å². The Balaban J connectivity index is 1.63. The quantitative estimate of drug-likeness (QED) is 0.812. The van der Waals surface area contributed by atoms with Crippen LogP contribution in [0.4, 0.5) is 0 Å². The molecule has 0 amide bonds. The number of ketones is 1. The molecule has 8 atom stereocenters. The van der Waals surface area contributed by atoms with Crippen molar-refractivity contribution in [3.8, 4) is 0 Å². The normalized spacial score (nSPS) is 56.7. The molecule has 6 fully saturated rings. The van der Waals surface area contributed by atoms with Crippen molar-refractivity contribution in [2.45, 2.75) is 63.6 Å². The van der Waals surface area contributed by atoms with Crippen LogP contribution in [0.1, 0.15) is 51.4 Å². The minimum Gasteiger partial charge on any atom is -0.393 e. The van der Waals surface area contributed by atoms with Crippen molar-refractivity contribution in [3.63, 3.8) is 0 Å². The van der Waals surface area contributed by atoms with Crippen LogP contribution in [0.5, 0.6) is 0 Å². The zero-order chi connectivity index (χ0) is 15.8. The molecular weight excluding hydrogens is 292 g/mol. The molecular formula is C19H28O4. The fourth-order valence-corrected chi connectivity index (χ4v) is 8.05. The van der Waals surface area contributed by atoms with Gasteiger partial charge in [0.25, 0.3) is 0 Å². The topological polar surface area (TPSA) is 55.8 Å². The van der Waals surface area contributed by atoms with Crippen LogP contribution in [0.25, 0.3) is 0 Å². The standard InChI is InChI=1S/C19H28O4/c1-22-10-23-17-13-7-11-8-16-18(13,9-15(11)21)6-4-12-14(20)3-2-5-19(12,16)17/h11-14,16-17,20H,2-10H2,1H3/t11-,12-,13+,14-,16+,17+,18+,19-/m0/s1. The smallest absolute Gasteiger partial charge is 0.146 e. The molecule has 2 spiro atoms. The van der Waals surface area contributed by atoms with Crippen LogP contribution in [0.3, 0.4) is 0 Å². The van der Waals surface area contributed by atoms with Crippen molar-refractivity contribution in [1.29, 1.82) is 0 Å². The lowest BCUT2D eigenvalue weighted by molar-refractivity contribution is -0.179. The first-order chi connectivity index (χ1) is 11.1. The van der Waals surface area contributed by atoms with Crippen LogP contribution in [-0.2, 0) is 14.3 Å². The van der Waals surface area contributed by atoms with Crippen LogP contribution in [0, 0.1) is 34.5 Å². The van der Waals surface area contributed by atoms with Gasteiger partial charge in [-0.15, -0.1) is 0 Å². The zero-order valence-electron chi connectivity index (χ0n) is 14.0. The summed E-state index contributed by atoms with van der Waals surface area (Å²) in [6.45, 7) is 0.340. The largest absolute Gasteiger partial charge is 0.393 e. The second-order valence-electron chi connectivity index (χ2n) is 8.91. The van der Waals surface area contributed by atoms with Gasteiger partial charge in [0, 0.05) is 24.9 Å². The van der Waals surface area contributed by atoms with Crippen molar-refractivity contribution in [3.05, 3.63) is 0 Å². The molecule has 6 aliphatic carbocycles. The highest BCUT2D eigenvalue weighted by Gasteiger charge is 2.77. The number of aliphatic hydroxyl groups is 1. The highest BCUT2D eigenvalue weighted by molar-refractivity contribution is 5.84. The van der Waals surface area contributed by atoms with Crippen molar-refractivity contribution in [2.75, 3.05) is 13.9 Å². The summed E-state index contributed by atoms with van der Waals surface area (Å²) in [5.74, 6) is 2.24. The molecule has 0 aromatic rings. The van der Waals surface area contributed by atoms with E-state index in [2.05, 4.69) is 0 Å². The average molecular weight is 320 g/mol. The Morgan fingerprint density at radius 3 is 2.91 bits per heavy atom. The van der Waals surface area contributed by atoms with E-state index in [-0.39, 0.29) is 29.0 Å². The van der Waals surface area contributed by atoms with Gasteiger partial charge in [-0.1, -0.05) is 6.42 Å². The average Bonchev–Trinajstić information content (AvgIpc) is 2.66. The first-order valence-electron chi connectivity index (χ1n) is 9.45. The summed E-state index contributed by atoms with van der Waals surface area (Å²) in [6.07, 6.45) is 8.29. The van der Waals surface area contributed by atoms with Gasteiger partial charge in [0.15, 0.2) is 0 Å². The molecule has 5 bridgehead atoms. The highest BCUT2D eigenvalue weighted by Crippen LogP contribution is 2.78. The molecule has 6 rings (SSSR count). The van der Waals surface area contributed by atoms with Gasteiger partial charge in [-0.3, -0.25) is 4.79 Å². The number of rotatable bonds is 3. The summed E-state index contributed by atoms with van der Waals surface area (Å²) < 4.78 is 11.6. The van der Waals surface area contributed by atoms with Gasteiger partial charge >= 0.3 is 0 Å². The van der Waals surface area contributed by atoms with Gasteiger partial charge in [-0.25, -0.2) is 0 Å². The molecule has 6 aliphatic rings. The van der Waals surface area contributed by atoms with E-state index in [1.165, 1.54) is 6.42 Å². The molecule has 0 saturated heterocycles. The summed E-state index contributed by atoms with van der Waals surface area (Å²) >= 11 is 0. The summed E-state index contributed by atoms with van der Waals surface area (Å²) in [4.78, 5) is 12.5. The third-order valence-corrected chi connectivity index (χ3v) is 8.54. The van der Waals surface area contributed by atoms with Gasteiger partial charge in [0.2, 0.25) is 0 Å². The number of carbonyl (C=O) groups excluding carboxylic acids is 1. The van der Waals surface area contributed by atoms with Crippen molar-refractivity contribution in [1.82, 2.24) is 0 Å². The second-order valence-corrected chi connectivity index (χ2v) is 8.91. The van der Waals surface area contributed by atoms with E-state index >= 15 is 0 Å². The van der Waals surface area contributed by atoms with Gasteiger partial charge in [-0.05, 0) is 61.7 Å². The predicted molar refractivity (Wildman–Crippen MR) is 83.5 cm³/mol. The number of aliphatic hydroxyl groups excluding tert-OH is 1. The molecule has 0 unspecified atom stereocenters. The Labute approximate surface area is 137 Å². The van der Waals surface area contributed by atoms with E-state index in [9.17, 15) is 9.90 Å². The number of methoxy groups -OCH3 is 1. The second kappa shape index (κ2) is 4.80. The van der Waals surface area contributed by atoms with Gasteiger partial charge in [-0.2, -0.15) is 0 Å². The van der Waals surface area contributed by atoms with E-state index in [1.807, 2.05) is 0 Å². The Hall–Kier alpha value is -0.450. The maximum atomic E-state index is 12.5. The lowest BCUT2D eigenvalue weighted by atomic mass is 9.44. The van der Waals surface area contributed by atoms with Crippen LogP contribution in [0.2, 0.25) is 0 Å². The highest BCUT2D eigenvalue weighted by atomic mass is 16.7. The maximum absolute atomic E-state index is 12.5. The maximum Gasteiger partial charge on any atom is 0.146 e. The van der Waals surface area contributed by atoms with Crippen molar-refractivity contribution in [2.24, 2.45) is 34.5 Å². The molecule has 0 heterocycles. The number of ether oxygens (including phenoxy) is 2. The fourth-order valence-electron chi connectivity index (χ4n) is 8.05. The molecule has 0 aliphatic heterocycles. The molecule has 1 N–H and O–H groups in total. The zero-order valence-corrected chi connectivity index (χ0v) is 14.0. The van der Waals surface area contributed by atoms with Gasteiger partial charge < -0.3 is 14.6 Å². The third kappa shape index (κ3) is 1.61. The van der Waals surface area contributed by atoms with Gasteiger partial charge in [0.05, 0.1) is 12.2 Å². The van der Waals surface area contributed by atoms with E-state index in [0.717, 1.165) is 44.9 Å². The Bertz CT molecular complexity index is 533. The number of carbonyl (C=O) groups is 1. The van der Waals surface area contributed by atoms with E-state index in [0.29, 0.717) is 30.3 Å². The number of Topliss-reactive ketones (excluding diaryl/α,β-unsaturated/α-hetero) is 1. The number of fused-ring (bicyclic) bond motifs is 1. The van der Waals surface area contributed by atoms with Crippen LogP contribution < -0.4 is 0 Å². The fraction of sp³-hybridized carbons (Fsp3) is 0.947. The molecule has 23 heavy (non-hydrogen) atoms. The minimum absolute atomic E-state index is 0.106. The van der Waals surface area contributed by atoms with Gasteiger partial charge in [0.1, 0.15) is 12.6 Å².